The molecule has 0 radical (unpaired) electrons. The van der Waals surface area contributed by atoms with Crippen molar-refractivity contribution in [1.82, 2.24) is 4.90 Å². The van der Waals surface area contributed by atoms with Crippen molar-refractivity contribution in [2.45, 2.75) is 38.8 Å². The second-order valence-electron chi connectivity index (χ2n) is 8.32. The molecule has 3 atom stereocenters. The molecule has 33 heavy (non-hydrogen) atoms. The quantitative estimate of drug-likeness (QED) is 0.687. The highest BCUT2D eigenvalue weighted by atomic mass is 19.2. The van der Waals surface area contributed by atoms with E-state index in [4.69, 9.17) is 4.74 Å². The number of carbonyl (C=O) groups excluding carboxylic acids is 2. The molecule has 1 unspecified atom stereocenters. The normalized spacial score (nSPS) is 22.8. The number of anilines is 2. The first-order valence-electron chi connectivity index (χ1n) is 10.5. The molecule has 176 valence electrons. The van der Waals surface area contributed by atoms with E-state index < -0.39 is 41.9 Å². The number of carbonyl (C=O) groups is 2. The first-order chi connectivity index (χ1) is 15.6. The Hall–Kier alpha value is -3.14. The van der Waals surface area contributed by atoms with Gasteiger partial charge in [-0.25, -0.2) is 17.6 Å². The van der Waals surface area contributed by atoms with Crippen LogP contribution in [0.4, 0.5) is 28.9 Å². The number of amides is 2. The average Bonchev–Trinajstić information content (AvgIpc) is 3.07. The van der Waals surface area contributed by atoms with Crippen molar-refractivity contribution >= 4 is 23.2 Å². The van der Waals surface area contributed by atoms with Gasteiger partial charge in [-0.2, -0.15) is 0 Å². The number of nitrogens with one attached hydrogen (secondary N) is 1. The van der Waals surface area contributed by atoms with Gasteiger partial charge in [-0.15, -0.1) is 0 Å². The largest absolute Gasteiger partial charge is 0.476 e. The molecule has 1 N–H and O–H groups in total. The van der Waals surface area contributed by atoms with Crippen LogP contribution in [0.1, 0.15) is 18.1 Å². The van der Waals surface area contributed by atoms with E-state index in [-0.39, 0.29) is 43.3 Å². The molecule has 2 aromatic carbocycles. The topological polar surface area (TPSA) is 61.9 Å². The average molecular weight is 465 g/mol. The van der Waals surface area contributed by atoms with Crippen molar-refractivity contribution in [1.29, 1.82) is 0 Å². The van der Waals surface area contributed by atoms with E-state index >= 15 is 4.39 Å². The molecular formula is C23H23F4N3O3. The number of hydrogen-bond acceptors (Lipinski definition) is 4. The van der Waals surface area contributed by atoms with Gasteiger partial charge in [0.2, 0.25) is 5.91 Å². The molecule has 10 heteroatoms. The number of alkyl halides is 2. The lowest BCUT2D eigenvalue weighted by Crippen LogP contribution is -2.44. The van der Waals surface area contributed by atoms with Crippen molar-refractivity contribution in [3.05, 3.63) is 53.1 Å². The molecule has 2 amide bonds. The smallest absolute Gasteiger partial charge is 0.268 e. The van der Waals surface area contributed by atoms with E-state index in [1.54, 1.807) is 6.92 Å². The summed E-state index contributed by atoms with van der Waals surface area (Å²) in [6.07, 6.45) is -4.29. The van der Waals surface area contributed by atoms with Crippen LogP contribution < -0.4 is 15.0 Å². The van der Waals surface area contributed by atoms with E-state index in [1.807, 2.05) is 0 Å². The monoisotopic (exact) mass is 465 g/mol. The Labute approximate surface area is 188 Å². The van der Waals surface area contributed by atoms with Gasteiger partial charge in [0, 0.05) is 13.1 Å². The highest BCUT2D eigenvalue weighted by molar-refractivity contribution is 6.01. The summed E-state index contributed by atoms with van der Waals surface area (Å²) in [5, 5.41) is 2.46. The summed E-state index contributed by atoms with van der Waals surface area (Å²) in [5.74, 6) is -2.48. The second kappa shape index (κ2) is 9.01. The Morgan fingerprint density at radius 1 is 1.15 bits per heavy atom. The number of likely N-dealkylation sites (tertiary alicyclic amines) is 1. The van der Waals surface area contributed by atoms with Crippen LogP contribution in [0.2, 0.25) is 0 Å². The summed E-state index contributed by atoms with van der Waals surface area (Å²) < 4.78 is 60.9. The summed E-state index contributed by atoms with van der Waals surface area (Å²) in [5.41, 5.74) is 1.04. The van der Waals surface area contributed by atoms with E-state index in [0.29, 0.717) is 11.1 Å². The van der Waals surface area contributed by atoms with Gasteiger partial charge in [0.05, 0.1) is 24.5 Å². The third-order valence-corrected chi connectivity index (χ3v) is 5.74. The number of aryl methyl sites for hydroxylation is 1. The van der Waals surface area contributed by atoms with Crippen LogP contribution in [0.25, 0.3) is 0 Å². The van der Waals surface area contributed by atoms with Crippen LogP contribution in [-0.2, 0) is 16.1 Å². The molecule has 0 aliphatic carbocycles. The predicted molar refractivity (Wildman–Crippen MR) is 114 cm³/mol. The SMILES string of the molecule is Cc1cc2c(c(F)c1NC(=O)CN1C[C@@H](F)[C@@H](F)C1)OC(C)C(=O)N2Cc1ccc(F)cc1. The van der Waals surface area contributed by atoms with Gasteiger partial charge in [-0.1, -0.05) is 12.1 Å². The molecule has 0 aromatic heterocycles. The van der Waals surface area contributed by atoms with Gasteiger partial charge >= 0.3 is 0 Å². The van der Waals surface area contributed by atoms with Crippen LogP contribution in [0.3, 0.4) is 0 Å². The molecule has 1 saturated heterocycles. The number of rotatable bonds is 5. The van der Waals surface area contributed by atoms with Crippen LogP contribution in [0, 0.1) is 18.6 Å². The minimum Gasteiger partial charge on any atom is -0.476 e. The van der Waals surface area contributed by atoms with E-state index in [1.165, 1.54) is 47.1 Å². The molecule has 6 nitrogen and oxygen atoms in total. The fourth-order valence-electron chi connectivity index (χ4n) is 4.02. The van der Waals surface area contributed by atoms with Crippen molar-refractivity contribution in [2.75, 3.05) is 29.9 Å². The summed E-state index contributed by atoms with van der Waals surface area (Å²) in [6.45, 7) is 2.41. The fourth-order valence-corrected chi connectivity index (χ4v) is 4.02. The molecule has 0 bridgehead atoms. The molecule has 2 aromatic rings. The molecule has 4 rings (SSSR count). The number of halogens is 4. The van der Waals surface area contributed by atoms with Crippen LogP contribution in [0.15, 0.2) is 30.3 Å². The standard InChI is InChI=1S/C23H23F4N3O3/c1-12-7-18-22(20(27)21(12)28-19(31)11-29-9-16(25)17(26)10-29)33-13(2)23(32)30(18)8-14-3-5-15(24)6-4-14/h3-7,13,16-17H,8-11H2,1-2H3,(H,28,31)/t13?,16-,17+. The van der Waals surface area contributed by atoms with Crippen LogP contribution >= 0.6 is 0 Å². The van der Waals surface area contributed by atoms with Crippen molar-refractivity contribution in [3.8, 4) is 5.75 Å². The highest BCUT2D eigenvalue weighted by Gasteiger charge is 2.36. The fraction of sp³-hybridized carbons (Fsp3) is 0.391. The third kappa shape index (κ3) is 4.66. The Bertz CT molecular complexity index is 1070. The molecule has 0 spiro atoms. The third-order valence-electron chi connectivity index (χ3n) is 5.74. The van der Waals surface area contributed by atoms with E-state index in [0.717, 1.165) is 0 Å². The Kier molecular flexibility index (Phi) is 6.29. The maximum absolute atomic E-state index is 15.4. The minimum absolute atomic E-state index is 0.0775. The number of nitrogens with zero attached hydrogens (tertiary/aromatic N) is 2. The predicted octanol–water partition coefficient (Wildman–Crippen LogP) is 3.52. The van der Waals surface area contributed by atoms with Crippen molar-refractivity contribution < 1.29 is 31.9 Å². The van der Waals surface area contributed by atoms with Crippen molar-refractivity contribution in [3.63, 3.8) is 0 Å². The summed E-state index contributed by atoms with van der Waals surface area (Å²) in [7, 11) is 0. The lowest BCUT2D eigenvalue weighted by atomic mass is 10.1. The number of benzene rings is 2. The molecule has 2 aliphatic rings. The van der Waals surface area contributed by atoms with Gasteiger partial charge in [0.1, 0.15) is 18.2 Å². The van der Waals surface area contributed by atoms with Gasteiger partial charge < -0.3 is 15.0 Å². The molecule has 2 aliphatic heterocycles. The number of ether oxygens (including phenoxy) is 1. The first kappa shape index (κ1) is 23.0. The van der Waals surface area contributed by atoms with Gasteiger partial charge in [0.15, 0.2) is 17.7 Å². The highest BCUT2D eigenvalue weighted by Crippen LogP contribution is 2.42. The number of hydrogen-bond donors (Lipinski definition) is 1. The molecule has 0 saturated carbocycles. The summed E-state index contributed by atoms with van der Waals surface area (Å²) >= 11 is 0. The number of fused-ring (bicyclic) bond motifs is 1. The van der Waals surface area contributed by atoms with Gasteiger partial charge in [-0.05, 0) is 43.2 Å². The summed E-state index contributed by atoms with van der Waals surface area (Å²) in [4.78, 5) is 27.8. The van der Waals surface area contributed by atoms with Gasteiger partial charge in [-0.3, -0.25) is 14.5 Å². The van der Waals surface area contributed by atoms with Crippen molar-refractivity contribution in [2.24, 2.45) is 0 Å². The maximum Gasteiger partial charge on any atom is 0.268 e. The Morgan fingerprint density at radius 2 is 1.79 bits per heavy atom. The van der Waals surface area contributed by atoms with Crippen LogP contribution in [-0.4, -0.2) is 54.8 Å². The second-order valence-corrected chi connectivity index (χ2v) is 8.32. The van der Waals surface area contributed by atoms with E-state index in [2.05, 4.69) is 5.32 Å². The lowest BCUT2D eigenvalue weighted by molar-refractivity contribution is -0.125. The Morgan fingerprint density at radius 3 is 2.42 bits per heavy atom. The van der Waals surface area contributed by atoms with E-state index in [9.17, 15) is 22.8 Å². The molecule has 1 fully saturated rings. The zero-order valence-corrected chi connectivity index (χ0v) is 18.1. The van der Waals surface area contributed by atoms with Crippen LogP contribution in [0.5, 0.6) is 5.75 Å². The first-order valence-corrected chi connectivity index (χ1v) is 10.5. The zero-order valence-electron chi connectivity index (χ0n) is 18.1. The lowest BCUT2D eigenvalue weighted by Gasteiger charge is -2.34. The van der Waals surface area contributed by atoms with Gasteiger partial charge in [0.25, 0.3) is 5.91 Å². The minimum atomic E-state index is -1.65. The maximum atomic E-state index is 15.4. The summed E-state index contributed by atoms with van der Waals surface area (Å²) in [6, 6.07) is 7.12. The zero-order chi connectivity index (χ0) is 23.9. The Balaban J connectivity index is 1.58. The molecular weight excluding hydrogens is 442 g/mol. The molecule has 2 heterocycles.